The molecule has 0 aliphatic heterocycles. The maximum absolute atomic E-state index is 6.18. The van der Waals surface area contributed by atoms with E-state index in [4.69, 9.17) is 15.7 Å². The van der Waals surface area contributed by atoms with Gasteiger partial charge in [-0.3, -0.25) is 4.57 Å². The van der Waals surface area contributed by atoms with Crippen LogP contribution in [0.2, 0.25) is 0 Å². The van der Waals surface area contributed by atoms with Crippen LogP contribution in [0.15, 0.2) is 54.7 Å². The second kappa shape index (κ2) is 6.75. The van der Waals surface area contributed by atoms with Gasteiger partial charge in [0.25, 0.3) is 0 Å². The largest absolute Gasteiger partial charge is 0.383 e. The van der Waals surface area contributed by atoms with Crippen LogP contribution in [0.25, 0.3) is 28.2 Å². The smallest absolute Gasteiger partial charge is 0.165 e. The second-order valence-electron chi connectivity index (χ2n) is 8.02. The number of aromatic nitrogens is 4. The highest BCUT2D eigenvalue weighted by Crippen LogP contribution is 2.31. The fourth-order valence-corrected chi connectivity index (χ4v) is 3.29. The predicted molar refractivity (Wildman–Crippen MR) is 115 cm³/mol. The molecule has 4 aromatic rings. The predicted octanol–water partition coefficient (Wildman–Crippen LogP) is 4.92. The highest BCUT2D eigenvalue weighted by Gasteiger charge is 2.21. The van der Waals surface area contributed by atoms with Crippen molar-refractivity contribution < 1.29 is 0 Å². The molecule has 0 fully saturated rings. The van der Waals surface area contributed by atoms with Crippen molar-refractivity contribution in [1.29, 1.82) is 0 Å². The molecule has 0 bridgehead atoms. The summed E-state index contributed by atoms with van der Waals surface area (Å²) in [5.74, 6) is 1.21. The Kier molecular flexibility index (Phi) is 4.38. The molecule has 0 atom stereocenters. The molecule has 0 aliphatic rings. The summed E-state index contributed by atoms with van der Waals surface area (Å²) in [5.41, 5.74) is 11.9. The van der Waals surface area contributed by atoms with Crippen molar-refractivity contribution in [2.45, 2.75) is 39.5 Å². The lowest BCUT2D eigenvalue weighted by Gasteiger charge is -2.18. The molecule has 0 saturated heterocycles. The van der Waals surface area contributed by atoms with Crippen LogP contribution in [0.4, 0.5) is 5.82 Å². The van der Waals surface area contributed by atoms with Crippen LogP contribution < -0.4 is 5.73 Å². The number of nitrogens with zero attached hydrogens (tertiary/aromatic N) is 4. The molecule has 4 rings (SSSR count). The van der Waals surface area contributed by atoms with Crippen molar-refractivity contribution in [1.82, 2.24) is 19.5 Å². The van der Waals surface area contributed by atoms with E-state index in [0.717, 1.165) is 40.4 Å². The van der Waals surface area contributed by atoms with Gasteiger partial charge in [0.15, 0.2) is 11.5 Å². The van der Waals surface area contributed by atoms with E-state index in [1.54, 1.807) is 6.20 Å². The maximum atomic E-state index is 6.18. The Morgan fingerprint density at radius 3 is 2.36 bits per heavy atom. The van der Waals surface area contributed by atoms with Gasteiger partial charge in [-0.2, -0.15) is 0 Å². The number of nitrogen functional groups attached to an aromatic ring is 1. The third-order valence-electron chi connectivity index (χ3n) is 4.96. The van der Waals surface area contributed by atoms with Gasteiger partial charge in [-0.15, -0.1) is 0 Å². The number of nitrogens with two attached hydrogens (primary N) is 1. The Morgan fingerprint density at radius 1 is 0.964 bits per heavy atom. The molecule has 0 amide bonds. The topological polar surface area (TPSA) is 69.6 Å². The molecule has 2 N–H and O–H groups in total. The summed E-state index contributed by atoms with van der Waals surface area (Å²) >= 11 is 0. The quantitative estimate of drug-likeness (QED) is 0.555. The third-order valence-corrected chi connectivity index (χ3v) is 4.96. The van der Waals surface area contributed by atoms with E-state index >= 15 is 0 Å². The molecule has 0 saturated carbocycles. The molecule has 0 unspecified atom stereocenters. The summed E-state index contributed by atoms with van der Waals surface area (Å²) in [5, 5.41) is 0. The first-order valence-corrected chi connectivity index (χ1v) is 9.58. The van der Waals surface area contributed by atoms with E-state index in [1.807, 2.05) is 18.2 Å². The highest BCUT2D eigenvalue weighted by molar-refractivity contribution is 5.83. The fraction of sp³-hybridized carbons (Fsp3) is 0.261. The van der Waals surface area contributed by atoms with Gasteiger partial charge in [0.05, 0.1) is 5.56 Å². The maximum Gasteiger partial charge on any atom is 0.165 e. The number of pyridine rings is 2. The molecule has 5 heteroatoms. The van der Waals surface area contributed by atoms with Crippen molar-refractivity contribution in [3.05, 3.63) is 66.0 Å². The third kappa shape index (κ3) is 3.13. The van der Waals surface area contributed by atoms with E-state index in [1.165, 1.54) is 5.56 Å². The molecule has 142 valence electrons. The number of aryl methyl sites for hydroxylation is 1. The first-order valence-electron chi connectivity index (χ1n) is 9.58. The second-order valence-corrected chi connectivity index (χ2v) is 8.02. The Morgan fingerprint density at radius 2 is 1.71 bits per heavy atom. The Hall–Kier alpha value is -3.21. The molecular formula is C23H25N5. The minimum absolute atomic E-state index is 0.0527. The van der Waals surface area contributed by atoms with Gasteiger partial charge in [-0.05, 0) is 48.4 Å². The normalized spacial score (nSPS) is 11.9. The number of hydrogen-bond acceptors (Lipinski definition) is 4. The standard InChI is InChI=1S/C23H25N5/c1-5-15-8-10-16(11-9-15)28-21(17-7-6-14-25-20(17)24)26-18-12-13-19(23(2,3)4)27-22(18)28/h6-14H,5H2,1-4H3,(H2,24,25). The van der Waals surface area contributed by atoms with Crippen LogP contribution in [-0.4, -0.2) is 19.5 Å². The first-order chi connectivity index (χ1) is 13.4. The number of fused-ring (bicyclic) bond motifs is 1. The fourth-order valence-electron chi connectivity index (χ4n) is 3.29. The summed E-state index contributed by atoms with van der Waals surface area (Å²) in [6, 6.07) is 16.4. The van der Waals surface area contributed by atoms with Gasteiger partial charge in [0, 0.05) is 23.0 Å². The molecule has 28 heavy (non-hydrogen) atoms. The molecule has 3 heterocycles. The van der Waals surface area contributed by atoms with Crippen molar-refractivity contribution in [3.8, 4) is 17.1 Å². The molecule has 3 aromatic heterocycles. The zero-order valence-corrected chi connectivity index (χ0v) is 16.8. The van der Waals surface area contributed by atoms with Crippen molar-refractivity contribution in [2.75, 3.05) is 5.73 Å². The summed E-state index contributed by atoms with van der Waals surface area (Å²) in [4.78, 5) is 14.1. The van der Waals surface area contributed by atoms with Gasteiger partial charge in [0.1, 0.15) is 11.3 Å². The van der Waals surface area contributed by atoms with E-state index in [-0.39, 0.29) is 5.41 Å². The number of anilines is 1. The zero-order valence-electron chi connectivity index (χ0n) is 16.8. The van der Waals surface area contributed by atoms with Gasteiger partial charge in [-0.1, -0.05) is 39.8 Å². The average molecular weight is 371 g/mol. The molecule has 0 radical (unpaired) electrons. The van der Waals surface area contributed by atoms with Gasteiger partial charge in [0.2, 0.25) is 0 Å². The lowest BCUT2D eigenvalue weighted by molar-refractivity contribution is 0.571. The first kappa shape index (κ1) is 18.2. The summed E-state index contributed by atoms with van der Waals surface area (Å²) in [6.45, 7) is 8.65. The summed E-state index contributed by atoms with van der Waals surface area (Å²) in [7, 11) is 0. The molecule has 0 spiro atoms. The summed E-state index contributed by atoms with van der Waals surface area (Å²) in [6.07, 6.45) is 2.69. The van der Waals surface area contributed by atoms with E-state index in [2.05, 4.69) is 67.6 Å². The van der Waals surface area contributed by atoms with Crippen molar-refractivity contribution in [2.24, 2.45) is 0 Å². The monoisotopic (exact) mass is 371 g/mol. The van der Waals surface area contributed by atoms with Crippen LogP contribution in [0.1, 0.15) is 39.0 Å². The van der Waals surface area contributed by atoms with Gasteiger partial charge in [-0.25, -0.2) is 15.0 Å². The van der Waals surface area contributed by atoms with Gasteiger partial charge < -0.3 is 5.73 Å². The minimum Gasteiger partial charge on any atom is -0.383 e. The Labute approximate surface area is 165 Å². The van der Waals surface area contributed by atoms with Crippen LogP contribution in [0.5, 0.6) is 0 Å². The van der Waals surface area contributed by atoms with Crippen molar-refractivity contribution in [3.63, 3.8) is 0 Å². The van der Waals surface area contributed by atoms with Crippen LogP contribution in [0.3, 0.4) is 0 Å². The molecule has 0 aliphatic carbocycles. The average Bonchev–Trinajstić information content (AvgIpc) is 3.06. The molecular weight excluding hydrogens is 346 g/mol. The SMILES string of the molecule is CCc1ccc(-n2c(-c3cccnc3N)nc3ccc(C(C)(C)C)nc32)cc1. The van der Waals surface area contributed by atoms with Gasteiger partial charge >= 0.3 is 0 Å². The minimum atomic E-state index is -0.0527. The molecule has 1 aromatic carbocycles. The summed E-state index contributed by atoms with van der Waals surface area (Å²) < 4.78 is 2.08. The number of imidazole rings is 1. The lowest BCUT2D eigenvalue weighted by Crippen LogP contribution is -2.13. The number of rotatable bonds is 3. The van der Waals surface area contributed by atoms with Crippen LogP contribution in [-0.2, 0) is 11.8 Å². The Bertz CT molecular complexity index is 1130. The van der Waals surface area contributed by atoms with E-state index < -0.39 is 0 Å². The van der Waals surface area contributed by atoms with Crippen LogP contribution in [0, 0.1) is 0 Å². The van der Waals surface area contributed by atoms with Crippen LogP contribution >= 0.6 is 0 Å². The lowest BCUT2D eigenvalue weighted by atomic mass is 9.92. The molecule has 5 nitrogen and oxygen atoms in total. The Balaban J connectivity index is 2.04. The number of benzene rings is 1. The number of hydrogen-bond donors (Lipinski definition) is 1. The van der Waals surface area contributed by atoms with E-state index in [0.29, 0.717) is 5.82 Å². The highest BCUT2D eigenvalue weighted by atomic mass is 15.1. The van der Waals surface area contributed by atoms with E-state index in [9.17, 15) is 0 Å². The van der Waals surface area contributed by atoms with Crippen molar-refractivity contribution >= 4 is 17.0 Å². The zero-order chi connectivity index (χ0) is 19.9.